The predicted octanol–water partition coefficient (Wildman–Crippen LogP) is 3.16. The molecule has 0 spiro atoms. The van der Waals surface area contributed by atoms with Gasteiger partial charge in [0.1, 0.15) is 6.61 Å². The van der Waals surface area contributed by atoms with Gasteiger partial charge in [0.15, 0.2) is 0 Å². The number of halogens is 1. The number of nitrogens with zero attached hydrogens (tertiary/aromatic N) is 1. The molecule has 0 saturated carbocycles. The second-order valence-electron chi connectivity index (χ2n) is 3.88. The highest BCUT2D eigenvalue weighted by atomic mass is 35.5. The molecular formula is C14H13ClN2O2. The molecule has 98 valence electrons. The average molecular weight is 277 g/mol. The number of alkyl carbamates (subject to hydrolysis) is 1. The van der Waals surface area contributed by atoms with Gasteiger partial charge in [-0.25, -0.2) is 4.79 Å². The van der Waals surface area contributed by atoms with E-state index in [9.17, 15) is 4.79 Å². The quantitative estimate of drug-likeness (QED) is 0.933. The predicted molar refractivity (Wildman–Crippen MR) is 72.7 cm³/mol. The van der Waals surface area contributed by atoms with Gasteiger partial charge in [0.25, 0.3) is 0 Å². The molecule has 5 heteroatoms. The third-order valence-electron chi connectivity index (χ3n) is 2.50. The molecule has 0 aliphatic carbocycles. The Balaban J connectivity index is 1.78. The number of aromatic nitrogens is 1. The van der Waals surface area contributed by atoms with Gasteiger partial charge in [0, 0.05) is 29.5 Å². The van der Waals surface area contributed by atoms with E-state index in [2.05, 4.69) is 10.3 Å². The number of nitrogens with one attached hydrogen (secondary N) is 1. The smallest absolute Gasteiger partial charge is 0.407 e. The zero-order valence-electron chi connectivity index (χ0n) is 10.2. The van der Waals surface area contributed by atoms with Crippen LogP contribution in [-0.4, -0.2) is 11.1 Å². The maximum atomic E-state index is 11.5. The van der Waals surface area contributed by atoms with Crippen molar-refractivity contribution >= 4 is 17.7 Å². The van der Waals surface area contributed by atoms with Crippen molar-refractivity contribution in [1.29, 1.82) is 0 Å². The Morgan fingerprint density at radius 1 is 1.21 bits per heavy atom. The van der Waals surface area contributed by atoms with E-state index < -0.39 is 6.09 Å². The molecule has 1 N–H and O–H groups in total. The van der Waals surface area contributed by atoms with Crippen molar-refractivity contribution in [2.45, 2.75) is 13.2 Å². The number of hydrogen-bond acceptors (Lipinski definition) is 3. The number of hydrogen-bond donors (Lipinski definition) is 1. The number of carbonyl (C=O) groups excluding carboxylic acids is 1. The molecule has 0 aliphatic heterocycles. The van der Waals surface area contributed by atoms with Gasteiger partial charge in [-0.3, -0.25) is 4.98 Å². The summed E-state index contributed by atoms with van der Waals surface area (Å²) < 4.78 is 5.08. The van der Waals surface area contributed by atoms with Gasteiger partial charge in [0.2, 0.25) is 0 Å². The van der Waals surface area contributed by atoms with Gasteiger partial charge < -0.3 is 10.1 Å². The first kappa shape index (κ1) is 13.4. The highest BCUT2D eigenvalue weighted by Gasteiger charge is 2.04. The van der Waals surface area contributed by atoms with E-state index in [-0.39, 0.29) is 6.61 Å². The minimum absolute atomic E-state index is 0.155. The molecule has 0 unspecified atom stereocenters. The normalized spacial score (nSPS) is 9.95. The third-order valence-corrected chi connectivity index (χ3v) is 2.87. The van der Waals surface area contributed by atoms with E-state index in [4.69, 9.17) is 16.3 Å². The van der Waals surface area contributed by atoms with Crippen LogP contribution < -0.4 is 5.32 Å². The summed E-state index contributed by atoms with van der Waals surface area (Å²) in [6.07, 6.45) is 2.87. The lowest BCUT2D eigenvalue weighted by Crippen LogP contribution is -2.23. The maximum Gasteiger partial charge on any atom is 0.407 e. The molecule has 4 nitrogen and oxygen atoms in total. The van der Waals surface area contributed by atoms with Crippen molar-refractivity contribution < 1.29 is 9.53 Å². The minimum Gasteiger partial charge on any atom is -0.445 e. The number of benzene rings is 1. The Labute approximate surface area is 116 Å². The second kappa shape index (κ2) is 6.75. The number of amides is 1. The van der Waals surface area contributed by atoms with Crippen molar-refractivity contribution in [3.63, 3.8) is 0 Å². The van der Waals surface area contributed by atoms with E-state index in [1.54, 1.807) is 18.5 Å². The molecule has 1 amide bonds. The standard InChI is InChI=1S/C14H13ClN2O2/c15-13-4-2-1-3-12(13)10-19-14(18)17-9-11-5-7-16-8-6-11/h1-8H,9-10H2,(H,17,18). The van der Waals surface area contributed by atoms with E-state index >= 15 is 0 Å². The molecule has 2 aromatic rings. The largest absolute Gasteiger partial charge is 0.445 e. The van der Waals surface area contributed by atoms with Crippen LogP contribution in [0.25, 0.3) is 0 Å². The lowest BCUT2D eigenvalue weighted by Gasteiger charge is -2.08. The minimum atomic E-state index is -0.475. The summed E-state index contributed by atoms with van der Waals surface area (Å²) in [5.41, 5.74) is 1.74. The van der Waals surface area contributed by atoms with Crippen LogP contribution in [0.15, 0.2) is 48.8 Å². The lowest BCUT2D eigenvalue weighted by atomic mass is 10.2. The van der Waals surface area contributed by atoms with E-state index in [0.29, 0.717) is 11.6 Å². The monoisotopic (exact) mass is 276 g/mol. The number of pyridine rings is 1. The summed E-state index contributed by atoms with van der Waals surface area (Å²) in [4.78, 5) is 15.4. The summed E-state index contributed by atoms with van der Waals surface area (Å²) in [5, 5.41) is 3.24. The molecule has 0 saturated heterocycles. The summed E-state index contributed by atoms with van der Waals surface area (Å²) in [7, 11) is 0. The Kier molecular flexibility index (Phi) is 4.75. The van der Waals surface area contributed by atoms with Crippen LogP contribution in [0.4, 0.5) is 4.79 Å². The fourth-order valence-electron chi connectivity index (χ4n) is 1.48. The van der Waals surface area contributed by atoms with Gasteiger partial charge in [-0.1, -0.05) is 29.8 Å². The highest BCUT2D eigenvalue weighted by Crippen LogP contribution is 2.15. The summed E-state index contributed by atoms with van der Waals surface area (Å²) in [6.45, 7) is 0.561. The molecule has 0 aliphatic rings. The molecule has 2 rings (SSSR count). The summed E-state index contributed by atoms with van der Waals surface area (Å²) in [6, 6.07) is 10.9. The van der Waals surface area contributed by atoms with Crippen LogP contribution in [0, 0.1) is 0 Å². The van der Waals surface area contributed by atoms with Crippen molar-refractivity contribution in [1.82, 2.24) is 10.3 Å². The summed E-state index contributed by atoms with van der Waals surface area (Å²) in [5.74, 6) is 0. The number of ether oxygens (including phenoxy) is 1. The zero-order chi connectivity index (χ0) is 13.5. The molecule has 19 heavy (non-hydrogen) atoms. The van der Waals surface area contributed by atoms with E-state index in [0.717, 1.165) is 11.1 Å². The molecule has 0 radical (unpaired) electrons. The van der Waals surface area contributed by atoms with Gasteiger partial charge in [-0.05, 0) is 23.8 Å². The zero-order valence-corrected chi connectivity index (χ0v) is 10.9. The van der Waals surface area contributed by atoms with Crippen molar-refractivity contribution in [3.8, 4) is 0 Å². The van der Waals surface area contributed by atoms with Gasteiger partial charge >= 0.3 is 6.09 Å². The molecule has 1 aromatic heterocycles. The summed E-state index contributed by atoms with van der Waals surface area (Å²) >= 11 is 5.96. The van der Waals surface area contributed by atoms with E-state index in [1.165, 1.54) is 0 Å². The fourth-order valence-corrected chi connectivity index (χ4v) is 1.67. The van der Waals surface area contributed by atoms with Gasteiger partial charge in [-0.15, -0.1) is 0 Å². The first-order valence-electron chi connectivity index (χ1n) is 5.78. The molecule has 0 atom stereocenters. The SMILES string of the molecule is O=C(NCc1ccncc1)OCc1ccccc1Cl. The number of carbonyl (C=O) groups is 1. The average Bonchev–Trinajstić information content (AvgIpc) is 2.45. The molecule has 1 aromatic carbocycles. The van der Waals surface area contributed by atoms with E-state index in [1.807, 2.05) is 30.3 Å². The highest BCUT2D eigenvalue weighted by molar-refractivity contribution is 6.31. The maximum absolute atomic E-state index is 11.5. The first-order chi connectivity index (χ1) is 9.25. The molecular weight excluding hydrogens is 264 g/mol. The van der Waals surface area contributed by atoms with Crippen LogP contribution in [-0.2, 0) is 17.9 Å². The van der Waals surface area contributed by atoms with Crippen LogP contribution in [0.2, 0.25) is 5.02 Å². The molecule has 0 fully saturated rings. The second-order valence-corrected chi connectivity index (χ2v) is 4.28. The molecule has 1 heterocycles. The number of rotatable bonds is 4. The van der Waals surface area contributed by atoms with Crippen molar-refractivity contribution in [2.75, 3.05) is 0 Å². The van der Waals surface area contributed by atoms with Gasteiger partial charge in [-0.2, -0.15) is 0 Å². The fraction of sp³-hybridized carbons (Fsp3) is 0.143. The van der Waals surface area contributed by atoms with Crippen LogP contribution in [0.3, 0.4) is 0 Å². The Morgan fingerprint density at radius 2 is 1.95 bits per heavy atom. The Hall–Kier alpha value is -2.07. The van der Waals surface area contributed by atoms with Crippen LogP contribution in [0.5, 0.6) is 0 Å². The molecule has 0 bridgehead atoms. The topological polar surface area (TPSA) is 51.2 Å². The van der Waals surface area contributed by atoms with Gasteiger partial charge in [0.05, 0.1) is 0 Å². The Bertz CT molecular complexity index is 546. The first-order valence-corrected chi connectivity index (χ1v) is 6.16. The van der Waals surface area contributed by atoms with Crippen LogP contribution in [0.1, 0.15) is 11.1 Å². The Morgan fingerprint density at radius 3 is 2.68 bits per heavy atom. The van der Waals surface area contributed by atoms with Crippen molar-refractivity contribution in [2.24, 2.45) is 0 Å². The van der Waals surface area contributed by atoms with Crippen molar-refractivity contribution in [3.05, 3.63) is 64.9 Å². The third kappa shape index (κ3) is 4.26. The lowest BCUT2D eigenvalue weighted by molar-refractivity contribution is 0.139. The van der Waals surface area contributed by atoms with Crippen LogP contribution >= 0.6 is 11.6 Å².